The van der Waals surface area contributed by atoms with E-state index in [2.05, 4.69) is 93.7 Å². The number of carbonyl (C=O) groups excluding carboxylic acids is 3. The molecule has 0 N–H and O–H groups in total. The van der Waals surface area contributed by atoms with Crippen molar-refractivity contribution in [2.24, 2.45) is 0 Å². The fourth-order valence-corrected chi connectivity index (χ4v) is 5.99. The van der Waals surface area contributed by atoms with Gasteiger partial charge in [0.2, 0.25) is 0 Å². The average Bonchev–Trinajstić information content (AvgIpc) is 3.26. The van der Waals surface area contributed by atoms with Gasteiger partial charge in [0.05, 0.1) is 0 Å². The van der Waals surface area contributed by atoms with E-state index < -0.39 is 12.1 Å². The zero-order chi connectivity index (χ0) is 44.4. The van der Waals surface area contributed by atoms with E-state index in [4.69, 9.17) is 14.2 Å². The Bertz CT molecular complexity index is 1340. The van der Waals surface area contributed by atoms with E-state index in [0.29, 0.717) is 19.3 Å². The normalized spacial score (nSPS) is 13.2. The fourth-order valence-electron chi connectivity index (χ4n) is 5.99. The third-order valence-corrected chi connectivity index (χ3v) is 9.57. The SMILES string of the molecule is CC/C=C\C/C=C\C/C=C\C/C=C\C/C=C\CCC(=O)OC(COC(=O)CCCCCCC\C=C/C=C\C=C/C=C\C=C/CCC)COC(=O)CCCCCCCCCCC. The number of rotatable bonds is 41. The van der Waals surface area contributed by atoms with Gasteiger partial charge in [-0.3, -0.25) is 14.4 Å². The molecule has 0 spiro atoms. The molecule has 1 atom stereocenters. The monoisotopic (exact) mass is 843 g/mol. The number of ether oxygens (including phenoxy) is 3. The van der Waals surface area contributed by atoms with Crippen LogP contribution in [0.25, 0.3) is 0 Å². The highest BCUT2D eigenvalue weighted by Gasteiger charge is 2.19. The second kappa shape index (κ2) is 48.5. The van der Waals surface area contributed by atoms with E-state index >= 15 is 0 Å². The smallest absolute Gasteiger partial charge is 0.306 e. The molecule has 0 saturated heterocycles. The number of hydrogen-bond acceptors (Lipinski definition) is 6. The molecule has 6 nitrogen and oxygen atoms in total. The molecule has 0 rings (SSSR count). The molecule has 342 valence electrons. The van der Waals surface area contributed by atoms with Gasteiger partial charge in [-0.25, -0.2) is 0 Å². The van der Waals surface area contributed by atoms with Gasteiger partial charge in [-0.15, -0.1) is 0 Å². The van der Waals surface area contributed by atoms with Crippen molar-refractivity contribution in [3.8, 4) is 0 Å². The first-order valence-electron chi connectivity index (χ1n) is 24.1. The van der Waals surface area contributed by atoms with E-state index in [1.165, 1.54) is 44.9 Å². The second-order valence-electron chi connectivity index (χ2n) is 15.4. The highest BCUT2D eigenvalue weighted by molar-refractivity contribution is 5.71. The molecule has 0 aliphatic heterocycles. The zero-order valence-corrected chi connectivity index (χ0v) is 38.9. The quantitative estimate of drug-likeness (QED) is 0.0201. The van der Waals surface area contributed by atoms with Crippen molar-refractivity contribution in [1.82, 2.24) is 0 Å². The Morgan fingerprint density at radius 3 is 1.25 bits per heavy atom. The van der Waals surface area contributed by atoms with Crippen LogP contribution in [0, 0.1) is 0 Å². The summed E-state index contributed by atoms with van der Waals surface area (Å²) in [5.74, 6) is -1.04. The van der Waals surface area contributed by atoms with E-state index in [1.807, 2.05) is 48.6 Å². The van der Waals surface area contributed by atoms with Crippen LogP contribution in [0.4, 0.5) is 0 Å². The van der Waals surface area contributed by atoms with Crippen LogP contribution in [0.2, 0.25) is 0 Å². The lowest BCUT2D eigenvalue weighted by molar-refractivity contribution is -0.166. The van der Waals surface area contributed by atoms with Crippen LogP contribution in [0.15, 0.2) is 122 Å². The Hall–Kier alpha value is -4.19. The molecule has 0 aromatic rings. The van der Waals surface area contributed by atoms with Crippen molar-refractivity contribution < 1.29 is 28.6 Å². The van der Waals surface area contributed by atoms with Crippen molar-refractivity contribution in [1.29, 1.82) is 0 Å². The molecule has 0 fully saturated rings. The summed E-state index contributed by atoms with van der Waals surface area (Å²) in [5, 5.41) is 0. The van der Waals surface area contributed by atoms with Gasteiger partial charge in [-0.1, -0.05) is 219 Å². The first-order chi connectivity index (χ1) is 30.0. The van der Waals surface area contributed by atoms with Gasteiger partial charge in [0.25, 0.3) is 0 Å². The Balaban J connectivity index is 4.54. The molecule has 0 saturated carbocycles. The van der Waals surface area contributed by atoms with E-state index in [0.717, 1.165) is 96.3 Å². The minimum absolute atomic E-state index is 0.119. The van der Waals surface area contributed by atoms with Crippen LogP contribution in [-0.4, -0.2) is 37.2 Å². The van der Waals surface area contributed by atoms with E-state index in [-0.39, 0.29) is 31.6 Å². The molecule has 0 aliphatic carbocycles. The number of unbranched alkanes of at least 4 members (excludes halogenated alkanes) is 14. The minimum Gasteiger partial charge on any atom is -0.462 e. The van der Waals surface area contributed by atoms with E-state index in [9.17, 15) is 14.4 Å². The lowest BCUT2D eigenvalue weighted by atomic mass is 10.1. The lowest BCUT2D eigenvalue weighted by Crippen LogP contribution is -2.30. The molecule has 0 amide bonds. The molecule has 6 heteroatoms. The van der Waals surface area contributed by atoms with Gasteiger partial charge in [0.15, 0.2) is 6.10 Å². The fraction of sp³-hybridized carbons (Fsp3) is 0.582. The summed E-state index contributed by atoms with van der Waals surface area (Å²) < 4.78 is 16.6. The van der Waals surface area contributed by atoms with Gasteiger partial charge in [0, 0.05) is 19.3 Å². The maximum absolute atomic E-state index is 12.7. The summed E-state index contributed by atoms with van der Waals surface area (Å²) in [6.07, 6.45) is 66.2. The molecular formula is C55H86O6. The summed E-state index contributed by atoms with van der Waals surface area (Å²) in [5.41, 5.74) is 0. The summed E-state index contributed by atoms with van der Waals surface area (Å²) in [7, 11) is 0. The van der Waals surface area contributed by atoms with Crippen LogP contribution in [0.3, 0.4) is 0 Å². The molecule has 0 aromatic carbocycles. The van der Waals surface area contributed by atoms with Crippen LogP contribution >= 0.6 is 0 Å². The van der Waals surface area contributed by atoms with Crippen molar-refractivity contribution in [3.05, 3.63) is 122 Å². The van der Waals surface area contributed by atoms with E-state index in [1.54, 1.807) is 0 Å². The van der Waals surface area contributed by atoms with Crippen LogP contribution < -0.4 is 0 Å². The third kappa shape index (κ3) is 46.7. The summed E-state index contributed by atoms with van der Waals surface area (Å²) in [6.45, 7) is 6.30. The number of esters is 3. The number of carbonyl (C=O) groups is 3. The van der Waals surface area contributed by atoms with Crippen molar-refractivity contribution in [2.45, 2.75) is 194 Å². The molecule has 0 aromatic heterocycles. The topological polar surface area (TPSA) is 78.9 Å². The standard InChI is InChI=1S/C55H86O6/c1-4-7-10-13-16-19-21-23-25-27-28-30-31-33-36-39-42-45-48-54(57)60-51-52(50-59-53(56)47-44-41-38-35-18-15-12-9-6-3)61-55(58)49-46-43-40-37-34-32-29-26-24-22-20-17-14-11-8-5-2/h8,10-11,13,16-17,19-21,23-28,30,32,34,40,43,52H,4-7,9,12,14-15,18,22,29,31,33,35-39,41-42,44-51H2,1-3H3/b11-8-,13-10-,19-16-,20-17-,23-21-,26-24-,27-25-,30-28-,34-32-,43-40-. The maximum atomic E-state index is 12.7. The van der Waals surface area contributed by atoms with Crippen molar-refractivity contribution >= 4 is 17.9 Å². The van der Waals surface area contributed by atoms with Gasteiger partial charge in [0.1, 0.15) is 13.2 Å². The molecule has 0 radical (unpaired) electrons. The predicted octanol–water partition coefficient (Wildman–Crippen LogP) is 15.7. The Labute approximate surface area is 373 Å². The average molecular weight is 843 g/mol. The molecule has 0 heterocycles. The van der Waals surface area contributed by atoms with Gasteiger partial charge in [-0.2, -0.15) is 0 Å². The molecule has 1 unspecified atom stereocenters. The number of allylic oxidation sites excluding steroid dienone is 20. The lowest BCUT2D eigenvalue weighted by Gasteiger charge is -2.18. The highest BCUT2D eigenvalue weighted by Crippen LogP contribution is 2.12. The van der Waals surface area contributed by atoms with Crippen molar-refractivity contribution in [2.75, 3.05) is 13.2 Å². The molecule has 0 aliphatic rings. The van der Waals surface area contributed by atoms with Crippen molar-refractivity contribution in [3.63, 3.8) is 0 Å². The largest absolute Gasteiger partial charge is 0.462 e. The Morgan fingerprint density at radius 1 is 0.361 bits per heavy atom. The predicted molar refractivity (Wildman–Crippen MR) is 260 cm³/mol. The maximum Gasteiger partial charge on any atom is 0.306 e. The summed E-state index contributed by atoms with van der Waals surface area (Å²) >= 11 is 0. The first-order valence-corrected chi connectivity index (χ1v) is 24.1. The summed E-state index contributed by atoms with van der Waals surface area (Å²) in [4.78, 5) is 37.8. The third-order valence-electron chi connectivity index (χ3n) is 9.57. The Morgan fingerprint density at radius 2 is 0.770 bits per heavy atom. The zero-order valence-electron chi connectivity index (χ0n) is 38.9. The van der Waals surface area contributed by atoms with Crippen LogP contribution in [0.5, 0.6) is 0 Å². The van der Waals surface area contributed by atoms with Gasteiger partial charge >= 0.3 is 17.9 Å². The molecule has 0 bridgehead atoms. The Kier molecular flexibility index (Phi) is 45.1. The first kappa shape index (κ1) is 56.8. The van der Waals surface area contributed by atoms with Crippen LogP contribution in [0.1, 0.15) is 188 Å². The number of hydrogen-bond donors (Lipinski definition) is 0. The highest BCUT2D eigenvalue weighted by atomic mass is 16.6. The van der Waals surface area contributed by atoms with Crippen LogP contribution in [-0.2, 0) is 28.6 Å². The van der Waals surface area contributed by atoms with Gasteiger partial charge < -0.3 is 14.2 Å². The van der Waals surface area contributed by atoms with Gasteiger partial charge in [-0.05, 0) is 70.6 Å². The molecule has 61 heavy (non-hydrogen) atoms. The second-order valence-corrected chi connectivity index (χ2v) is 15.4. The summed E-state index contributed by atoms with van der Waals surface area (Å²) in [6, 6.07) is 0. The molecular weight excluding hydrogens is 757 g/mol. The minimum atomic E-state index is -0.828.